The Labute approximate surface area is 124 Å². The normalized spacial score (nSPS) is 13.6. The van der Waals surface area contributed by atoms with Gasteiger partial charge in [-0.1, -0.05) is 6.07 Å². The lowest BCUT2D eigenvalue weighted by molar-refractivity contribution is 0.883. The fraction of sp³-hybridized carbons (Fsp3) is 0.375. The number of nitrogens with zero attached hydrogens (tertiary/aromatic N) is 2. The number of fused-ring (bicyclic) bond motifs is 1. The minimum absolute atomic E-state index is 0.535. The molecule has 0 aliphatic heterocycles. The highest BCUT2D eigenvalue weighted by atomic mass is 32.2. The van der Waals surface area contributed by atoms with Gasteiger partial charge in [-0.3, -0.25) is 0 Å². The molecule has 4 heteroatoms. The molecule has 0 atom stereocenters. The monoisotopic (exact) mass is 285 g/mol. The Bertz CT molecular complexity index is 632. The molecule has 2 aromatic heterocycles. The van der Waals surface area contributed by atoms with Gasteiger partial charge in [0.15, 0.2) is 0 Å². The molecule has 1 aliphatic rings. The Balaban J connectivity index is 1.97. The molecule has 104 valence electrons. The van der Waals surface area contributed by atoms with E-state index in [1.54, 1.807) is 11.8 Å². The maximum atomic E-state index is 5.88. The Kier molecular flexibility index (Phi) is 3.76. The zero-order valence-corrected chi connectivity index (χ0v) is 12.8. The fourth-order valence-electron chi connectivity index (χ4n) is 2.69. The summed E-state index contributed by atoms with van der Waals surface area (Å²) in [7, 11) is 0. The van der Waals surface area contributed by atoms with Crippen molar-refractivity contribution in [2.24, 2.45) is 5.73 Å². The van der Waals surface area contributed by atoms with Crippen molar-refractivity contribution in [3.05, 3.63) is 46.3 Å². The van der Waals surface area contributed by atoms with Crippen molar-refractivity contribution in [3.63, 3.8) is 0 Å². The lowest BCUT2D eigenvalue weighted by atomic mass is 10.1. The molecular formula is C16H19N3S. The second kappa shape index (κ2) is 5.54. The second-order valence-corrected chi connectivity index (χ2v) is 6.35. The summed E-state index contributed by atoms with van der Waals surface area (Å²) >= 11 is 1.63. The first kappa shape index (κ1) is 13.6. The van der Waals surface area contributed by atoms with E-state index >= 15 is 0 Å². The summed E-state index contributed by atoms with van der Waals surface area (Å²) in [5.74, 6) is 0. The van der Waals surface area contributed by atoms with E-state index in [1.165, 1.54) is 23.2 Å². The van der Waals surface area contributed by atoms with Crippen LogP contribution in [0, 0.1) is 13.8 Å². The summed E-state index contributed by atoms with van der Waals surface area (Å²) in [6.07, 6.45) is 3.44. The number of hydrogen-bond donors (Lipinski definition) is 1. The first-order valence-corrected chi connectivity index (χ1v) is 7.82. The third-order valence-corrected chi connectivity index (χ3v) is 4.55. The average Bonchev–Trinajstić information content (AvgIpc) is 2.83. The Morgan fingerprint density at radius 2 is 2.00 bits per heavy atom. The van der Waals surface area contributed by atoms with Crippen molar-refractivity contribution in [3.8, 4) is 0 Å². The number of hydrogen-bond acceptors (Lipinski definition) is 4. The summed E-state index contributed by atoms with van der Waals surface area (Å²) < 4.78 is 0. The molecule has 0 radical (unpaired) electrons. The summed E-state index contributed by atoms with van der Waals surface area (Å²) in [6, 6.07) is 6.43. The fourth-order valence-corrected chi connectivity index (χ4v) is 3.75. The first-order valence-electron chi connectivity index (χ1n) is 7.00. The summed E-state index contributed by atoms with van der Waals surface area (Å²) in [4.78, 5) is 9.40. The van der Waals surface area contributed by atoms with Crippen molar-refractivity contribution < 1.29 is 0 Å². The Morgan fingerprint density at radius 1 is 1.15 bits per heavy atom. The van der Waals surface area contributed by atoms with Crippen molar-refractivity contribution in [2.45, 2.75) is 49.7 Å². The first-order chi connectivity index (χ1) is 9.65. The molecule has 20 heavy (non-hydrogen) atoms. The van der Waals surface area contributed by atoms with Crippen LogP contribution in [0.2, 0.25) is 0 Å². The second-order valence-electron chi connectivity index (χ2n) is 5.34. The van der Waals surface area contributed by atoms with E-state index in [1.807, 2.05) is 6.92 Å². The molecule has 2 aromatic rings. The number of aromatic nitrogens is 2. The molecule has 3 nitrogen and oxygen atoms in total. The van der Waals surface area contributed by atoms with Gasteiger partial charge in [-0.25, -0.2) is 9.97 Å². The third kappa shape index (κ3) is 2.72. The van der Waals surface area contributed by atoms with Gasteiger partial charge in [-0.05, 0) is 73.7 Å². The molecule has 0 aromatic carbocycles. The van der Waals surface area contributed by atoms with Crippen LogP contribution in [0.4, 0.5) is 0 Å². The van der Waals surface area contributed by atoms with E-state index in [4.69, 9.17) is 10.7 Å². The van der Waals surface area contributed by atoms with E-state index < -0.39 is 0 Å². The largest absolute Gasteiger partial charge is 0.326 e. The van der Waals surface area contributed by atoms with Gasteiger partial charge in [-0.2, -0.15) is 0 Å². The van der Waals surface area contributed by atoms with Crippen molar-refractivity contribution >= 4 is 11.8 Å². The zero-order valence-electron chi connectivity index (χ0n) is 11.9. The van der Waals surface area contributed by atoms with Crippen LogP contribution in [0.1, 0.15) is 34.5 Å². The van der Waals surface area contributed by atoms with Gasteiger partial charge in [0.25, 0.3) is 0 Å². The third-order valence-electron chi connectivity index (χ3n) is 3.59. The highest BCUT2D eigenvalue weighted by molar-refractivity contribution is 7.99. The Morgan fingerprint density at radius 3 is 2.75 bits per heavy atom. The molecule has 0 saturated carbocycles. The summed E-state index contributed by atoms with van der Waals surface area (Å²) in [6.45, 7) is 4.66. The molecule has 2 heterocycles. The van der Waals surface area contributed by atoms with Gasteiger partial charge in [-0.15, -0.1) is 0 Å². The van der Waals surface area contributed by atoms with Crippen LogP contribution in [-0.4, -0.2) is 9.97 Å². The van der Waals surface area contributed by atoms with Crippen LogP contribution < -0.4 is 5.73 Å². The van der Waals surface area contributed by atoms with Crippen LogP contribution >= 0.6 is 11.8 Å². The van der Waals surface area contributed by atoms with Gasteiger partial charge in [0.05, 0.1) is 0 Å². The molecule has 0 unspecified atom stereocenters. The molecule has 3 rings (SSSR count). The highest BCUT2D eigenvalue weighted by Gasteiger charge is 2.17. The van der Waals surface area contributed by atoms with Gasteiger partial charge in [0.1, 0.15) is 10.1 Å². The van der Waals surface area contributed by atoms with Crippen LogP contribution in [-0.2, 0) is 19.4 Å². The zero-order chi connectivity index (χ0) is 14.1. The van der Waals surface area contributed by atoms with Gasteiger partial charge < -0.3 is 5.73 Å². The number of rotatable bonds is 3. The lowest BCUT2D eigenvalue weighted by Gasteiger charge is -2.10. The predicted molar refractivity (Wildman–Crippen MR) is 82.0 cm³/mol. The van der Waals surface area contributed by atoms with E-state index in [-0.39, 0.29) is 0 Å². The topological polar surface area (TPSA) is 51.8 Å². The Hall–Kier alpha value is -1.39. The number of pyridine rings is 2. The van der Waals surface area contributed by atoms with Crippen LogP contribution in [0.5, 0.6) is 0 Å². The van der Waals surface area contributed by atoms with Gasteiger partial charge in [0, 0.05) is 17.9 Å². The maximum Gasteiger partial charge on any atom is 0.107 e. The molecule has 0 fully saturated rings. The van der Waals surface area contributed by atoms with Crippen LogP contribution in [0.3, 0.4) is 0 Å². The molecule has 1 aliphatic carbocycles. The highest BCUT2D eigenvalue weighted by Crippen LogP contribution is 2.32. The molecule has 0 bridgehead atoms. The quantitative estimate of drug-likeness (QED) is 0.941. The van der Waals surface area contributed by atoms with E-state index in [0.29, 0.717) is 6.54 Å². The number of nitrogens with two attached hydrogens (primary N) is 1. The minimum Gasteiger partial charge on any atom is -0.326 e. The number of aryl methyl sites for hydroxylation is 4. The van der Waals surface area contributed by atoms with E-state index in [9.17, 15) is 0 Å². The molecule has 2 N–H and O–H groups in total. The van der Waals surface area contributed by atoms with Crippen molar-refractivity contribution in [2.75, 3.05) is 0 Å². The van der Waals surface area contributed by atoms with Crippen molar-refractivity contribution in [1.29, 1.82) is 0 Å². The summed E-state index contributed by atoms with van der Waals surface area (Å²) in [5, 5.41) is 2.02. The molecule has 0 amide bonds. The average molecular weight is 285 g/mol. The minimum atomic E-state index is 0.535. The van der Waals surface area contributed by atoms with Gasteiger partial charge >= 0.3 is 0 Å². The van der Waals surface area contributed by atoms with Crippen molar-refractivity contribution in [1.82, 2.24) is 9.97 Å². The van der Waals surface area contributed by atoms with E-state index in [2.05, 4.69) is 30.1 Å². The SMILES string of the molecule is Cc1cc(C)nc(Sc2nc3c(cc2CN)CCC3)c1. The summed E-state index contributed by atoms with van der Waals surface area (Å²) in [5.41, 5.74) is 11.9. The molecular weight excluding hydrogens is 266 g/mol. The van der Waals surface area contributed by atoms with Crippen LogP contribution in [0.25, 0.3) is 0 Å². The predicted octanol–water partition coefficient (Wildman–Crippen LogP) is 3.19. The standard InChI is InChI=1S/C16H19N3S/c1-10-6-11(2)18-15(7-10)20-16-13(9-17)8-12-4-3-5-14(12)19-16/h6-8H,3-5,9,17H2,1-2H3. The maximum absolute atomic E-state index is 5.88. The molecule has 0 saturated heterocycles. The van der Waals surface area contributed by atoms with Gasteiger partial charge in [0.2, 0.25) is 0 Å². The smallest absolute Gasteiger partial charge is 0.107 e. The lowest BCUT2D eigenvalue weighted by Crippen LogP contribution is -2.03. The van der Waals surface area contributed by atoms with Crippen LogP contribution in [0.15, 0.2) is 28.3 Å². The molecule has 0 spiro atoms. The van der Waals surface area contributed by atoms with E-state index in [0.717, 1.165) is 34.2 Å².